The van der Waals surface area contributed by atoms with Crippen LogP contribution in [0.4, 0.5) is 0 Å². The lowest BCUT2D eigenvalue weighted by molar-refractivity contribution is 0.225. The van der Waals surface area contributed by atoms with Crippen LogP contribution in [-0.2, 0) is 0 Å². The van der Waals surface area contributed by atoms with Gasteiger partial charge in [0.15, 0.2) is 0 Å². The standard InChI is InChI=1S/C9H19NO/c1-3-8(2)6-10-9(7-11)4-5-9/h8,10-11H,3-7H2,1-2H3. The molecule has 1 aliphatic carbocycles. The first-order valence-electron chi connectivity index (χ1n) is 4.58. The highest BCUT2D eigenvalue weighted by molar-refractivity contribution is 5.01. The number of nitrogens with one attached hydrogen (secondary N) is 1. The maximum atomic E-state index is 8.98. The van der Waals surface area contributed by atoms with Crippen molar-refractivity contribution in [1.29, 1.82) is 0 Å². The summed E-state index contributed by atoms with van der Waals surface area (Å²) in [5, 5.41) is 12.4. The largest absolute Gasteiger partial charge is 0.394 e. The highest BCUT2D eigenvalue weighted by atomic mass is 16.3. The van der Waals surface area contributed by atoms with E-state index in [9.17, 15) is 0 Å². The van der Waals surface area contributed by atoms with E-state index in [1.807, 2.05) is 0 Å². The van der Waals surface area contributed by atoms with Gasteiger partial charge in [0.25, 0.3) is 0 Å². The fourth-order valence-electron chi connectivity index (χ4n) is 1.08. The molecule has 2 heteroatoms. The second kappa shape index (κ2) is 3.55. The van der Waals surface area contributed by atoms with Crippen LogP contribution in [0.25, 0.3) is 0 Å². The normalized spacial score (nSPS) is 23.2. The minimum atomic E-state index is 0.128. The Morgan fingerprint density at radius 1 is 1.55 bits per heavy atom. The van der Waals surface area contributed by atoms with Crippen LogP contribution in [0.3, 0.4) is 0 Å². The van der Waals surface area contributed by atoms with Gasteiger partial charge in [-0.25, -0.2) is 0 Å². The highest BCUT2D eigenvalue weighted by Crippen LogP contribution is 2.34. The Morgan fingerprint density at radius 2 is 2.18 bits per heavy atom. The zero-order valence-corrected chi connectivity index (χ0v) is 7.56. The SMILES string of the molecule is CCC(C)CNC1(CO)CC1. The smallest absolute Gasteiger partial charge is 0.0613 e. The summed E-state index contributed by atoms with van der Waals surface area (Å²) in [5.41, 5.74) is 0.128. The Hall–Kier alpha value is -0.0800. The van der Waals surface area contributed by atoms with Crippen molar-refractivity contribution in [3.05, 3.63) is 0 Å². The molecule has 0 bridgehead atoms. The Bertz CT molecular complexity index is 121. The van der Waals surface area contributed by atoms with Gasteiger partial charge in [0.2, 0.25) is 0 Å². The molecule has 0 radical (unpaired) electrons. The first-order valence-corrected chi connectivity index (χ1v) is 4.58. The van der Waals surface area contributed by atoms with Gasteiger partial charge < -0.3 is 10.4 Å². The van der Waals surface area contributed by atoms with E-state index in [-0.39, 0.29) is 5.54 Å². The summed E-state index contributed by atoms with van der Waals surface area (Å²) in [6.07, 6.45) is 3.52. The second-order valence-corrected chi connectivity index (χ2v) is 3.83. The third-order valence-corrected chi connectivity index (χ3v) is 2.68. The van der Waals surface area contributed by atoms with Crippen molar-refractivity contribution in [2.24, 2.45) is 5.92 Å². The predicted molar refractivity (Wildman–Crippen MR) is 46.5 cm³/mol. The van der Waals surface area contributed by atoms with Gasteiger partial charge in [-0.05, 0) is 25.3 Å². The maximum Gasteiger partial charge on any atom is 0.0613 e. The Labute approximate surface area is 69.0 Å². The van der Waals surface area contributed by atoms with Crippen LogP contribution in [0.2, 0.25) is 0 Å². The number of rotatable bonds is 5. The molecule has 0 aromatic carbocycles. The lowest BCUT2D eigenvalue weighted by Crippen LogP contribution is -2.37. The predicted octanol–water partition coefficient (Wildman–Crippen LogP) is 1.15. The molecule has 1 rings (SSSR count). The van der Waals surface area contributed by atoms with Gasteiger partial charge >= 0.3 is 0 Å². The van der Waals surface area contributed by atoms with Crippen LogP contribution in [0, 0.1) is 5.92 Å². The van der Waals surface area contributed by atoms with Gasteiger partial charge in [-0.15, -0.1) is 0 Å². The van der Waals surface area contributed by atoms with Crippen molar-refractivity contribution in [1.82, 2.24) is 5.32 Å². The Morgan fingerprint density at radius 3 is 2.55 bits per heavy atom. The molecule has 1 fully saturated rings. The summed E-state index contributed by atoms with van der Waals surface area (Å²) >= 11 is 0. The highest BCUT2D eigenvalue weighted by Gasteiger charge is 2.41. The van der Waals surface area contributed by atoms with E-state index in [1.165, 1.54) is 6.42 Å². The van der Waals surface area contributed by atoms with Crippen LogP contribution < -0.4 is 5.32 Å². The second-order valence-electron chi connectivity index (χ2n) is 3.83. The molecule has 1 saturated carbocycles. The molecule has 1 unspecified atom stereocenters. The third-order valence-electron chi connectivity index (χ3n) is 2.68. The van der Waals surface area contributed by atoms with Gasteiger partial charge in [0.05, 0.1) is 6.61 Å². The third kappa shape index (κ3) is 2.46. The average Bonchev–Trinajstić information content (AvgIpc) is 2.81. The molecule has 0 aromatic rings. The molecular formula is C9H19NO. The van der Waals surface area contributed by atoms with Gasteiger partial charge in [0.1, 0.15) is 0 Å². The molecule has 1 atom stereocenters. The van der Waals surface area contributed by atoms with Crippen molar-refractivity contribution in [2.45, 2.75) is 38.6 Å². The number of aliphatic hydroxyl groups is 1. The van der Waals surface area contributed by atoms with Crippen molar-refractivity contribution in [3.8, 4) is 0 Å². The number of hydrogen-bond acceptors (Lipinski definition) is 2. The molecule has 1 aliphatic rings. The monoisotopic (exact) mass is 157 g/mol. The zero-order chi connectivity index (χ0) is 8.32. The summed E-state index contributed by atoms with van der Waals surface area (Å²) in [4.78, 5) is 0. The molecule has 66 valence electrons. The quantitative estimate of drug-likeness (QED) is 0.627. The van der Waals surface area contributed by atoms with Crippen LogP contribution in [0.5, 0.6) is 0 Å². The molecule has 0 amide bonds. The van der Waals surface area contributed by atoms with Crippen molar-refractivity contribution >= 4 is 0 Å². The zero-order valence-electron chi connectivity index (χ0n) is 7.56. The molecule has 0 saturated heterocycles. The Kier molecular flexibility index (Phi) is 2.90. The van der Waals surface area contributed by atoms with Gasteiger partial charge in [-0.1, -0.05) is 20.3 Å². The van der Waals surface area contributed by atoms with E-state index in [1.54, 1.807) is 0 Å². The minimum Gasteiger partial charge on any atom is -0.394 e. The lowest BCUT2D eigenvalue weighted by Gasteiger charge is -2.17. The molecule has 11 heavy (non-hydrogen) atoms. The molecule has 2 N–H and O–H groups in total. The average molecular weight is 157 g/mol. The van der Waals surface area contributed by atoms with Crippen molar-refractivity contribution in [3.63, 3.8) is 0 Å². The van der Waals surface area contributed by atoms with Crippen LogP contribution >= 0.6 is 0 Å². The van der Waals surface area contributed by atoms with E-state index >= 15 is 0 Å². The van der Waals surface area contributed by atoms with Gasteiger partial charge in [-0.3, -0.25) is 0 Å². The fraction of sp³-hybridized carbons (Fsp3) is 1.00. The van der Waals surface area contributed by atoms with E-state index < -0.39 is 0 Å². The van der Waals surface area contributed by atoms with E-state index in [2.05, 4.69) is 19.2 Å². The molecule has 0 spiro atoms. The number of hydrogen-bond donors (Lipinski definition) is 2. The summed E-state index contributed by atoms with van der Waals surface area (Å²) < 4.78 is 0. The van der Waals surface area contributed by atoms with Gasteiger partial charge in [0, 0.05) is 5.54 Å². The topological polar surface area (TPSA) is 32.3 Å². The molecule has 2 nitrogen and oxygen atoms in total. The molecule has 0 aliphatic heterocycles. The van der Waals surface area contributed by atoms with Crippen LogP contribution in [0.1, 0.15) is 33.1 Å². The van der Waals surface area contributed by atoms with Crippen molar-refractivity contribution < 1.29 is 5.11 Å². The van der Waals surface area contributed by atoms with E-state index in [4.69, 9.17) is 5.11 Å². The summed E-state index contributed by atoms with van der Waals surface area (Å²) in [5.74, 6) is 0.735. The Balaban J connectivity index is 2.11. The summed E-state index contributed by atoms with van der Waals surface area (Å²) in [6.45, 7) is 5.80. The van der Waals surface area contributed by atoms with Gasteiger partial charge in [-0.2, -0.15) is 0 Å². The lowest BCUT2D eigenvalue weighted by atomic mass is 10.1. The van der Waals surface area contributed by atoms with Crippen molar-refractivity contribution in [2.75, 3.05) is 13.2 Å². The number of aliphatic hydroxyl groups excluding tert-OH is 1. The molecule has 0 heterocycles. The summed E-state index contributed by atoms with van der Waals surface area (Å²) in [7, 11) is 0. The van der Waals surface area contributed by atoms with E-state index in [0.29, 0.717) is 6.61 Å². The minimum absolute atomic E-state index is 0.128. The van der Waals surface area contributed by atoms with Crippen LogP contribution in [0.15, 0.2) is 0 Å². The fourth-order valence-corrected chi connectivity index (χ4v) is 1.08. The first kappa shape index (κ1) is 9.01. The first-order chi connectivity index (χ1) is 5.22. The molecular weight excluding hydrogens is 138 g/mol. The maximum absolute atomic E-state index is 8.98. The summed E-state index contributed by atoms with van der Waals surface area (Å²) in [6, 6.07) is 0. The van der Waals surface area contributed by atoms with E-state index in [0.717, 1.165) is 25.3 Å². The molecule has 0 aromatic heterocycles. The van der Waals surface area contributed by atoms with Crippen LogP contribution in [-0.4, -0.2) is 23.8 Å².